The Morgan fingerprint density at radius 3 is 2.95 bits per heavy atom. The summed E-state index contributed by atoms with van der Waals surface area (Å²) in [5.41, 5.74) is 4.81. The minimum Gasteiger partial charge on any atom is -0.392 e. The van der Waals surface area contributed by atoms with Crippen molar-refractivity contribution in [2.24, 2.45) is 0 Å². The van der Waals surface area contributed by atoms with Gasteiger partial charge in [-0.05, 0) is 42.3 Å². The summed E-state index contributed by atoms with van der Waals surface area (Å²) in [7, 11) is 0. The third kappa shape index (κ3) is 2.86. The van der Waals surface area contributed by atoms with E-state index in [9.17, 15) is 5.11 Å². The average molecular weight is 302 g/mol. The second-order valence-electron chi connectivity index (χ2n) is 5.01. The van der Waals surface area contributed by atoms with Crippen LogP contribution >= 0.6 is 11.6 Å². The smallest absolute Gasteiger partial charge is 0.137 e. The largest absolute Gasteiger partial charge is 0.392 e. The van der Waals surface area contributed by atoms with Gasteiger partial charge in [0.1, 0.15) is 5.65 Å². The molecule has 3 rings (SSSR count). The van der Waals surface area contributed by atoms with Crippen LogP contribution in [0.5, 0.6) is 0 Å². The van der Waals surface area contributed by atoms with Crippen LogP contribution in [-0.2, 0) is 13.2 Å². The first-order valence-corrected chi connectivity index (χ1v) is 7.11. The number of aryl methyl sites for hydroxylation is 1. The second kappa shape index (κ2) is 5.76. The van der Waals surface area contributed by atoms with Crippen LogP contribution in [0.15, 0.2) is 42.7 Å². The van der Waals surface area contributed by atoms with Gasteiger partial charge in [0.05, 0.1) is 35.8 Å². The maximum absolute atomic E-state index is 9.19. The summed E-state index contributed by atoms with van der Waals surface area (Å²) in [4.78, 5) is 4.40. The molecule has 0 fully saturated rings. The third-order valence-corrected chi connectivity index (χ3v) is 3.75. The number of aromatic nitrogens is 2. The van der Waals surface area contributed by atoms with Crippen molar-refractivity contribution in [3.63, 3.8) is 0 Å². The Kier molecular flexibility index (Phi) is 3.82. The highest BCUT2D eigenvalue weighted by Crippen LogP contribution is 2.24. The number of hydrogen-bond donors (Lipinski definition) is 2. The number of benzene rings is 1. The van der Waals surface area contributed by atoms with Crippen LogP contribution in [0.25, 0.3) is 5.65 Å². The lowest BCUT2D eigenvalue weighted by Gasteiger charge is -2.10. The minimum atomic E-state index is 0.000733. The number of anilines is 1. The molecule has 0 saturated heterocycles. The van der Waals surface area contributed by atoms with Crippen LogP contribution in [0.3, 0.4) is 0 Å². The number of aliphatic hydroxyl groups excluding tert-OH is 1. The van der Waals surface area contributed by atoms with Crippen molar-refractivity contribution in [3.05, 3.63) is 64.6 Å². The molecule has 0 aliphatic rings. The fourth-order valence-electron chi connectivity index (χ4n) is 2.26. The second-order valence-corrected chi connectivity index (χ2v) is 5.41. The zero-order chi connectivity index (χ0) is 14.8. The van der Waals surface area contributed by atoms with Gasteiger partial charge in [-0.1, -0.05) is 17.7 Å². The van der Waals surface area contributed by atoms with E-state index in [0.29, 0.717) is 11.6 Å². The summed E-state index contributed by atoms with van der Waals surface area (Å²) < 4.78 is 2.05. The first-order valence-electron chi connectivity index (χ1n) is 6.73. The zero-order valence-electron chi connectivity index (χ0n) is 11.7. The molecule has 2 N–H and O–H groups in total. The van der Waals surface area contributed by atoms with Gasteiger partial charge < -0.3 is 14.8 Å². The van der Waals surface area contributed by atoms with Crippen molar-refractivity contribution >= 4 is 22.9 Å². The molecule has 0 spiro atoms. The van der Waals surface area contributed by atoms with E-state index in [4.69, 9.17) is 11.6 Å². The summed E-state index contributed by atoms with van der Waals surface area (Å²) in [6, 6.07) is 9.55. The molecule has 0 saturated carbocycles. The lowest BCUT2D eigenvalue weighted by Crippen LogP contribution is -2.03. The van der Waals surface area contributed by atoms with Gasteiger partial charge in [0.15, 0.2) is 0 Å². The molecule has 4 nitrogen and oxygen atoms in total. The number of imidazole rings is 1. The topological polar surface area (TPSA) is 49.6 Å². The van der Waals surface area contributed by atoms with Gasteiger partial charge in [-0.3, -0.25) is 0 Å². The number of halogens is 1. The zero-order valence-corrected chi connectivity index (χ0v) is 12.4. The van der Waals surface area contributed by atoms with Gasteiger partial charge in [-0.25, -0.2) is 4.98 Å². The highest BCUT2D eigenvalue weighted by atomic mass is 35.5. The van der Waals surface area contributed by atoms with E-state index in [-0.39, 0.29) is 6.61 Å². The van der Waals surface area contributed by atoms with Crippen LogP contribution in [0.1, 0.15) is 16.8 Å². The fraction of sp³-hybridized carbons (Fsp3) is 0.188. The lowest BCUT2D eigenvalue weighted by atomic mass is 10.2. The van der Waals surface area contributed by atoms with Gasteiger partial charge in [0.25, 0.3) is 0 Å². The summed E-state index contributed by atoms with van der Waals surface area (Å²) in [6.45, 7) is 2.66. The third-order valence-electron chi connectivity index (χ3n) is 3.42. The first kappa shape index (κ1) is 13.9. The van der Waals surface area contributed by atoms with Crippen molar-refractivity contribution in [1.82, 2.24) is 9.38 Å². The molecule has 5 heteroatoms. The van der Waals surface area contributed by atoms with E-state index in [0.717, 1.165) is 22.6 Å². The quantitative estimate of drug-likeness (QED) is 0.776. The van der Waals surface area contributed by atoms with Crippen molar-refractivity contribution in [3.8, 4) is 0 Å². The molecule has 0 aliphatic heterocycles. The number of nitrogens with one attached hydrogen (secondary N) is 1. The molecule has 3 aromatic rings. The van der Waals surface area contributed by atoms with Gasteiger partial charge in [-0.15, -0.1) is 0 Å². The molecule has 1 aromatic carbocycles. The first-order chi connectivity index (χ1) is 10.2. The van der Waals surface area contributed by atoms with E-state index in [1.54, 1.807) is 6.07 Å². The van der Waals surface area contributed by atoms with E-state index in [1.807, 2.05) is 41.9 Å². The van der Waals surface area contributed by atoms with Crippen molar-refractivity contribution in [2.75, 3.05) is 5.32 Å². The number of nitrogens with zero attached hydrogens (tertiary/aromatic N) is 2. The Morgan fingerprint density at radius 1 is 1.29 bits per heavy atom. The maximum Gasteiger partial charge on any atom is 0.137 e. The Labute approximate surface area is 128 Å². The highest BCUT2D eigenvalue weighted by Gasteiger charge is 2.05. The van der Waals surface area contributed by atoms with Crippen molar-refractivity contribution < 1.29 is 5.11 Å². The Balaban J connectivity index is 1.83. The molecule has 21 heavy (non-hydrogen) atoms. The summed E-state index contributed by atoms with van der Waals surface area (Å²) >= 11 is 6.17. The number of hydrogen-bond acceptors (Lipinski definition) is 3. The Morgan fingerprint density at radius 2 is 2.14 bits per heavy atom. The summed E-state index contributed by atoms with van der Waals surface area (Å²) in [6.07, 6.45) is 3.87. The number of fused-ring (bicyclic) bond motifs is 1. The van der Waals surface area contributed by atoms with E-state index >= 15 is 0 Å². The molecule has 0 unspecified atom stereocenters. The lowest BCUT2D eigenvalue weighted by molar-refractivity contribution is 0.282. The molecule has 0 bridgehead atoms. The average Bonchev–Trinajstić information content (AvgIpc) is 2.88. The van der Waals surface area contributed by atoms with Crippen LogP contribution in [-0.4, -0.2) is 14.5 Å². The fourth-order valence-corrected chi connectivity index (χ4v) is 2.44. The molecule has 0 aliphatic carbocycles. The van der Waals surface area contributed by atoms with Crippen LogP contribution in [0.4, 0.5) is 5.69 Å². The summed E-state index contributed by atoms with van der Waals surface area (Å²) in [5, 5.41) is 13.1. The highest BCUT2D eigenvalue weighted by molar-refractivity contribution is 6.33. The van der Waals surface area contributed by atoms with Crippen LogP contribution in [0.2, 0.25) is 5.02 Å². The van der Waals surface area contributed by atoms with E-state index < -0.39 is 0 Å². The number of aliphatic hydroxyl groups is 1. The van der Waals surface area contributed by atoms with Gasteiger partial charge in [0, 0.05) is 6.20 Å². The normalized spacial score (nSPS) is 11.0. The van der Waals surface area contributed by atoms with Gasteiger partial charge >= 0.3 is 0 Å². The van der Waals surface area contributed by atoms with Crippen molar-refractivity contribution in [2.45, 2.75) is 20.1 Å². The summed E-state index contributed by atoms with van der Waals surface area (Å²) in [5.74, 6) is 0. The van der Waals surface area contributed by atoms with E-state index in [2.05, 4.69) is 16.4 Å². The number of rotatable bonds is 4. The number of pyridine rings is 1. The van der Waals surface area contributed by atoms with Crippen molar-refractivity contribution in [1.29, 1.82) is 0 Å². The SMILES string of the molecule is Cc1ccn2c(CNc3cc(CO)ccc3Cl)cnc2c1. The molecule has 0 atom stereocenters. The molecule has 0 amide bonds. The monoisotopic (exact) mass is 301 g/mol. The molecular weight excluding hydrogens is 286 g/mol. The predicted molar refractivity (Wildman–Crippen MR) is 84.6 cm³/mol. The molecule has 108 valence electrons. The Hall–Kier alpha value is -2.04. The maximum atomic E-state index is 9.19. The van der Waals surface area contributed by atoms with Gasteiger partial charge in [-0.2, -0.15) is 0 Å². The molecular formula is C16H16ClN3O. The Bertz CT molecular complexity index is 782. The molecule has 2 aromatic heterocycles. The minimum absolute atomic E-state index is 0.000733. The van der Waals surface area contributed by atoms with Crippen LogP contribution in [0, 0.1) is 6.92 Å². The van der Waals surface area contributed by atoms with Crippen LogP contribution < -0.4 is 5.32 Å². The molecule has 0 radical (unpaired) electrons. The standard InChI is InChI=1S/C16H16ClN3O/c1-11-4-5-20-13(9-19-16(20)6-11)8-18-15-7-12(10-21)2-3-14(15)17/h2-7,9,18,21H,8,10H2,1H3. The van der Waals surface area contributed by atoms with E-state index in [1.165, 1.54) is 5.56 Å². The van der Waals surface area contributed by atoms with Gasteiger partial charge in [0.2, 0.25) is 0 Å². The predicted octanol–water partition coefficient (Wildman–Crippen LogP) is 3.40. The molecule has 2 heterocycles.